The molecule has 76 valence electrons. The topological polar surface area (TPSA) is 33.1 Å². The fourth-order valence-electron chi connectivity index (χ4n) is 1.56. The standard InChI is InChI=1S/C13H13NO/c1-10-6-7-14-8-13(10)12-4-2-11(9-15)3-5-12/h2-8,15H,9H2,1H3. The molecule has 0 atom stereocenters. The lowest BCUT2D eigenvalue weighted by Crippen LogP contribution is -1.86. The molecular weight excluding hydrogens is 186 g/mol. The number of pyridine rings is 1. The minimum atomic E-state index is 0.0896. The first kappa shape index (κ1) is 9.87. The second kappa shape index (κ2) is 4.24. The van der Waals surface area contributed by atoms with Crippen LogP contribution < -0.4 is 0 Å². The van der Waals surface area contributed by atoms with E-state index in [1.165, 1.54) is 5.56 Å². The molecule has 0 bridgehead atoms. The summed E-state index contributed by atoms with van der Waals surface area (Å²) >= 11 is 0. The Balaban J connectivity index is 2.42. The third kappa shape index (κ3) is 2.05. The highest BCUT2D eigenvalue weighted by Gasteiger charge is 2.00. The van der Waals surface area contributed by atoms with Crippen LogP contribution >= 0.6 is 0 Å². The van der Waals surface area contributed by atoms with Crippen molar-refractivity contribution in [2.75, 3.05) is 0 Å². The summed E-state index contributed by atoms with van der Waals surface area (Å²) in [5.41, 5.74) is 4.42. The van der Waals surface area contributed by atoms with Gasteiger partial charge in [-0.15, -0.1) is 0 Å². The molecule has 1 aromatic carbocycles. The van der Waals surface area contributed by atoms with Gasteiger partial charge in [0.25, 0.3) is 0 Å². The first-order valence-corrected chi connectivity index (χ1v) is 4.92. The minimum Gasteiger partial charge on any atom is -0.392 e. The molecule has 1 heterocycles. The maximum Gasteiger partial charge on any atom is 0.0681 e. The summed E-state index contributed by atoms with van der Waals surface area (Å²) in [5.74, 6) is 0. The molecule has 0 aliphatic carbocycles. The Morgan fingerprint density at radius 3 is 2.47 bits per heavy atom. The molecular formula is C13H13NO. The molecule has 0 saturated heterocycles. The zero-order valence-electron chi connectivity index (χ0n) is 8.64. The Morgan fingerprint density at radius 1 is 1.13 bits per heavy atom. The van der Waals surface area contributed by atoms with Crippen molar-refractivity contribution in [2.45, 2.75) is 13.5 Å². The van der Waals surface area contributed by atoms with Crippen molar-refractivity contribution >= 4 is 0 Å². The molecule has 2 rings (SSSR count). The molecule has 0 spiro atoms. The number of nitrogens with zero attached hydrogens (tertiary/aromatic N) is 1. The predicted molar refractivity (Wildman–Crippen MR) is 60.3 cm³/mol. The lowest BCUT2D eigenvalue weighted by atomic mass is 10.0. The van der Waals surface area contributed by atoms with Crippen LogP contribution in [0.3, 0.4) is 0 Å². The van der Waals surface area contributed by atoms with E-state index < -0.39 is 0 Å². The van der Waals surface area contributed by atoms with Gasteiger partial charge >= 0.3 is 0 Å². The molecule has 0 unspecified atom stereocenters. The summed E-state index contributed by atoms with van der Waals surface area (Å²) in [4.78, 5) is 4.12. The molecule has 0 aliphatic rings. The van der Waals surface area contributed by atoms with Crippen LogP contribution in [0.5, 0.6) is 0 Å². The first-order chi connectivity index (χ1) is 7.31. The Kier molecular flexibility index (Phi) is 2.79. The quantitative estimate of drug-likeness (QED) is 0.806. The Morgan fingerprint density at radius 2 is 1.87 bits per heavy atom. The smallest absolute Gasteiger partial charge is 0.0681 e. The highest BCUT2D eigenvalue weighted by molar-refractivity contribution is 5.66. The fourth-order valence-corrected chi connectivity index (χ4v) is 1.56. The molecule has 1 aromatic heterocycles. The molecule has 0 radical (unpaired) electrons. The zero-order valence-corrected chi connectivity index (χ0v) is 8.64. The van der Waals surface area contributed by atoms with Gasteiger partial charge in [-0.25, -0.2) is 0 Å². The number of rotatable bonds is 2. The van der Waals surface area contributed by atoms with E-state index >= 15 is 0 Å². The third-order valence-corrected chi connectivity index (χ3v) is 2.49. The van der Waals surface area contributed by atoms with Gasteiger partial charge in [0.05, 0.1) is 6.61 Å². The number of aliphatic hydroxyl groups excluding tert-OH is 1. The first-order valence-electron chi connectivity index (χ1n) is 4.92. The highest BCUT2D eigenvalue weighted by atomic mass is 16.3. The van der Waals surface area contributed by atoms with Crippen LogP contribution in [0.25, 0.3) is 11.1 Å². The van der Waals surface area contributed by atoms with Crippen LogP contribution in [0, 0.1) is 6.92 Å². The van der Waals surface area contributed by atoms with Gasteiger partial charge < -0.3 is 5.11 Å². The lowest BCUT2D eigenvalue weighted by Gasteiger charge is -2.05. The molecule has 0 aliphatic heterocycles. The summed E-state index contributed by atoms with van der Waals surface area (Å²) in [6.07, 6.45) is 3.66. The number of aliphatic hydroxyl groups is 1. The summed E-state index contributed by atoms with van der Waals surface area (Å²) in [5, 5.41) is 8.94. The van der Waals surface area contributed by atoms with Gasteiger partial charge in [-0.2, -0.15) is 0 Å². The van der Waals surface area contributed by atoms with Crippen molar-refractivity contribution in [3.63, 3.8) is 0 Å². The molecule has 2 heteroatoms. The van der Waals surface area contributed by atoms with E-state index in [9.17, 15) is 0 Å². The predicted octanol–water partition coefficient (Wildman–Crippen LogP) is 2.55. The van der Waals surface area contributed by atoms with Crippen molar-refractivity contribution < 1.29 is 5.11 Å². The van der Waals surface area contributed by atoms with Crippen molar-refractivity contribution in [3.8, 4) is 11.1 Å². The Hall–Kier alpha value is -1.67. The second-order valence-electron chi connectivity index (χ2n) is 3.55. The molecule has 2 nitrogen and oxygen atoms in total. The van der Waals surface area contributed by atoms with E-state index in [4.69, 9.17) is 5.11 Å². The summed E-state index contributed by atoms with van der Waals surface area (Å²) in [6, 6.07) is 9.88. The average molecular weight is 199 g/mol. The fraction of sp³-hybridized carbons (Fsp3) is 0.154. The van der Waals surface area contributed by atoms with Crippen LogP contribution in [0.1, 0.15) is 11.1 Å². The van der Waals surface area contributed by atoms with Gasteiger partial charge in [0.15, 0.2) is 0 Å². The van der Waals surface area contributed by atoms with Crippen LogP contribution in [0.2, 0.25) is 0 Å². The zero-order chi connectivity index (χ0) is 10.7. The van der Waals surface area contributed by atoms with Crippen LogP contribution in [-0.2, 0) is 6.61 Å². The van der Waals surface area contributed by atoms with Crippen molar-refractivity contribution in [3.05, 3.63) is 53.9 Å². The van der Waals surface area contributed by atoms with Gasteiger partial charge in [-0.1, -0.05) is 24.3 Å². The van der Waals surface area contributed by atoms with E-state index in [2.05, 4.69) is 11.9 Å². The number of hydrogen-bond donors (Lipinski definition) is 1. The highest BCUT2D eigenvalue weighted by Crippen LogP contribution is 2.22. The second-order valence-corrected chi connectivity index (χ2v) is 3.55. The van der Waals surface area contributed by atoms with E-state index in [1.54, 1.807) is 6.20 Å². The summed E-state index contributed by atoms with van der Waals surface area (Å²) in [7, 11) is 0. The lowest BCUT2D eigenvalue weighted by molar-refractivity contribution is 0.282. The molecule has 0 saturated carbocycles. The van der Waals surface area contributed by atoms with Gasteiger partial charge in [-0.05, 0) is 29.7 Å². The maximum atomic E-state index is 8.94. The average Bonchev–Trinajstić information content (AvgIpc) is 2.30. The molecule has 1 N–H and O–H groups in total. The molecule has 2 aromatic rings. The van der Waals surface area contributed by atoms with Crippen LogP contribution in [-0.4, -0.2) is 10.1 Å². The van der Waals surface area contributed by atoms with Gasteiger partial charge in [0.2, 0.25) is 0 Å². The largest absolute Gasteiger partial charge is 0.392 e. The van der Waals surface area contributed by atoms with Crippen LogP contribution in [0.15, 0.2) is 42.7 Å². The SMILES string of the molecule is Cc1ccncc1-c1ccc(CO)cc1. The van der Waals surface area contributed by atoms with Crippen molar-refractivity contribution in [1.29, 1.82) is 0 Å². The third-order valence-electron chi connectivity index (χ3n) is 2.49. The van der Waals surface area contributed by atoms with Crippen molar-refractivity contribution in [2.24, 2.45) is 0 Å². The minimum absolute atomic E-state index is 0.0896. The van der Waals surface area contributed by atoms with Gasteiger partial charge in [0, 0.05) is 18.0 Å². The number of benzene rings is 1. The summed E-state index contributed by atoms with van der Waals surface area (Å²) in [6.45, 7) is 2.16. The Labute approximate surface area is 89.2 Å². The van der Waals surface area contributed by atoms with E-state index in [0.717, 1.165) is 16.7 Å². The molecule has 0 amide bonds. The van der Waals surface area contributed by atoms with E-state index in [1.807, 2.05) is 36.5 Å². The van der Waals surface area contributed by atoms with E-state index in [0.29, 0.717) is 0 Å². The Bertz CT molecular complexity index is 448. The van der Waals surface area contributed by atoms with Crippen molar-refractivity contribution in [1.82, 2.24) is 4.98 Å². The van der Waals surface area contributed by atoms with Crippen LogP contribution in [0.4, 0.5) is 0 Å². The number of hydrogen-bond acceptors (Lipinski definition) is 2. The summed E-state index contributed by atoms with van der Waals surface area (Å²) < 4.78 is 0. The number of aromatic nitrogens is 1. The van der Waals surface area contributed by atoms with Gasteiger partial charge in [-0.3, -0.25) is 4.98 Å². The number of aryl methyl sites for hydroxylation is 1. The van der Waals surface area contributed by atoms with Gasteiger partial charge in [0.1, 0.15) is 0 Å². The van der Waals surface area contributed by atoms with E-state index in [-0.39, 0.29) is 6.61 Å². The molecule has 0 fully saturated rings. The normalized spacial score (nSPS) is 10.3. The monoisotopic (exact) mass is 199 g/mol. The maximum absolute atomic E-state index is 8.94. The molecule has 15 heavy (non-hydrogen) atoms.